The zero-order valence-corrected chi connectivity index (χ0v) is 9.67. The number of halogens is 3. The molecule has 0 spiro atoms. The Balaban J connectivity index is 2.49. The SMILES string of the molecule is CC(C)NCCNc1nccc(C(F)(F)F)n1. The van der Waals surface area contributed by atoms with E-state index in [0.29, 0.717) is 19.1 Å². The zero-order valence-electron chi connectivity index (χ0n) is 9.67. The summed E-state index contributed by atoms with van der Waals surface area (Å²) in [6.45, 7) is 5.08. The molecule has 0 atom stereocenters. The molecule has 0 amide bonds. The highest BCUT2D eigenvalue weighted by Crippen LogP contribution is 2.27. The predicted molar refractivity (Wildman–Crippen MR) is 58.7 cm³/mol. The highest BCUT2D eigenvalue weighted by atomic mass is 19.4. The van der Waals surface area contributed by atoms with Crippen molar-refractivity contribution in [3.8, 4) is 0 Å². The Bertz CT molecular complexity index is 352. The van der Waals surface area contributed by atoms with E-state index in [1.54, 1.807) is 0 Å². The van der Waals surface area contributed by atoms with Gasteiger partial charge in [0.25, 0.3) is 0 Å². The molecule has 17 heavy (non-hydrogen) atoms. The number of hydrogen-bond donors (Lipinski definition) is 2. The van der Waals surface area contributed by atoms with Gasteiger partial charge in [0.15, 0.2) is 0 Å². The van der Waals surface area contributed by atoms with Gasteiger partial charge in [-0.2, -0.15) is 13.2 Å². The standard InChI is InChI=1S/C10H15F3N4/c1-7(2)14-5-6-16-9-15-4-3-8(17-9)10(11,12)13/h3-4,7,14H,5-6H2,1-2H3,(H,15,16,17). The van der Waals surface area contributed by atoms with Crippen LogP contribution >= 0.6 is 0 Å². The Morgan fingerprint density at radius 1 is 1.29 bits per heavy atom. The number of nitrogens with zero attached hydrogens (tertiary/aromatic N) is 2. The van der Waals surface area contributed by atoms with Crippen LogP contribution in [0.15, 0.2) is 12.3 Å². The Labute approximate surface area is 97.7 Å². The molecule has 0 aromatic carbocycles. The third kappa shape index (κ3) is 4.99. The molecule has 7 heteroatoms. The summed E-state index contributed by atoms with van der Waals surface area (Å²) in [5.41, 5.74) is -0.938. The van der Waals surface area contributed by atoms with Gasteiger partial charge < -0.3 is 10.6 Å². The molecule has 0 aliphatic carbocycles. The highest BCUT2D eigenvalue weighted by Gasteiger charge is 2.32. The molecular weight excluding hydrogens is 233 g/mol. The number of nitrogens with one attached hydrogen (secondary N) is 2. The van der Waals surface area contributed by atoms with E-state index in [0.717, 1.165) is 12.3 Å². The van der Waals surface area contributed by atoms with E-state index in [1.807, 2.05) is 13.8 Å². The Hall–Kier alpha value is -1.37. The number of alkyl halides is 3. The average Bonchev–Trinajstić information content (AvgIpc) is 2.23. The molecule has 0 saturated heterocycles. The zero-order chi connectivity index (χ0) is 12.9. The van der Waals surface area contributed by atoms with Gasteiger partial charge in [-0.25, -0.2) is 9.97 Å². The van der Waals surface area contributed by atoms with E-state index in [1.165, 1.54) is 0 Å². The first-order valence-electron chi connectivity index (χ1n) is 5.27. The van der Waals surface area contributed by atoms with Crippen LogP contribution in [0.25, 0.3) is 0 Å². The molecule has 1 heterocycles. The Kier molecular flexibility index (Phi) is 4.68. The average molecular weight is 248 g/mol. The molecule has 0 saturated carbocycles. The van der Waals surface area contributed by atoms with Crippen molar-refractivity contribution >= 4 is 5.95 Å². The van der Waals surface area contributed by atoms with Crippen molar-refractivity contribution in [3.63, 3.8) is 0 Å². The molecule has 1 aromatic rings. The van der Waals surface area contributed by atoms with Gasteiger partial charge in [-0.1, -0.05) is 13.8 Å². The minimum Gasteiger partial charge on any atom is -0.353 e. The van der Waals surface area contributed by atoms with Crippen LogP contribution in [-0.4, -0.2) is 29.1 Å². The molecule has 0 aliphatic rings. The second-order valence-electron chi connectivity index (χ2n) is 3.80. The van der Waals surface area contributed by atoms with E-state index >= 15 is 0 Å². The van der Waals surface area contributed by atoms with Gasteiger partial charge in [0.1, 0.15) is 5.69 Å². The van der Waals surface area contributed by atoms with Gasteiger partial charge in [-0.15, -0.1) is 0 Å². The lowest BCUT2D eigenvalue weighted by Gasteiger charge is -2.10. The van der Waals surface area contributed by atoms with Crippen LogP contribution in [0.4, 0.5) is 19.1 Å². The number of hydrogen-bond acceptors (Lipinski definition) is 4. The van der Waals surface area contributed by atoms with Crippen molar-refractivity contribution < 1.29 is 13.2 Å². The molecule has 4 nitrogen and oxygen atoms in total. The smallest absolute Gasteiger partial charge is 0.353 e. The van der Waals surface area contributed by atoms with Crippen molar-refractivity contribution in [2.75, 3.05) is 18.4 Å². The van der Waals surface area contributed by atoms with Crippen LogP contribution in [0.2, 0.25) is 0 Å². The second kappa shape index (κ2) is 5.81. The van der Waals surface area contributed by atoms with Crippen LogP contribution in [0.1, 0.15) is 19.5 Å². The van der Waals surface area contributed by atoms with Gasteiger partial charge in [-0.05, 0) is 6.07 Å². The maximum absolute atomic E-state index is 12.3. The molecule has 96 valence electrons. The number of anilines is 1. The summed E-state index contributed by atoms with van der Waals surface area (Å²) >= 11 is 0. The van der Waals surface area contributed by atoms with Crippen molar-refractivity contribution in [2.24, 2.45) is 0 Å². The molecule has 0 bridgehead atoms. The van der Waals surface area contributed by atoms with E-state index in [-0.39, 0.29) is 5.95 Å². The van der Waals surface area contributed by atoms with Crippen molar-refractivity contribution in [1.82, 2.24) is 15.3 Å². The monoisotopic (exact) mass is 248 g/mol. The lowest BCUT2D eigenvalue weighted by atomic mass is 10.4. The molecule has 2 N–H and O–H groups in total. The molecule has 1 aromatic heterocycles. The summed E-state index contributed by atoms with van der Waals surface area (Å²) in [5.74, 6) is -0.00891. The largest absolute Gasteiger partial charge is 0.433 e. The third-order valence-corrected chi connectivity index (χ3v) is 1.91. The number of aromatic nitrogens is 2. The summed E-state index contributed by atoms with van der Waals surface area (Å²) in [6.07, 6.45) is -3.34. The van der Waals surface area contributed by atoms with E-state index in [2.05, 4.69) is 20.6 Å². The quantitative estimate of drug-likeness (QED) is 0.781. The molecule has 0 unspecified atom stereocenters. The summed E-state index contributed by atoms with van der Waals surface area (Å²) in [4.78, 5) is 7.11. The normalized spacial score (nSPS) is 11.9. The molecule has 0 aliphatic heterocycles. The third-order valence-electron chi connectivity index (χ3n) is 1.91. The minimum atomic E-state index is -4.43. The summed E-state index contributed by atoms with van der Waals surface area (Å²) in [6, 6.07) is 1.18. The molecule has 0 fully saturated rings. The molecule has 1 rings (SSSR count). The van der Waals surface area contributed by atoms with Crippen molar-refractivity contribution in [3.05, 3.63) is 18.0 Å². The maximum atomic E-state index is 12.3. The Morgan fingerprint density at radius 3 is 2.59 bits per heavy atom. The maximum Gasteiger partial charge on any atom is 0.433 e. The van der Waals surface area contributed by atoms with Gasteiger partial charge >= 0.3 is 6.18 Å². The van der Waals surface area contributed by atoms with Crippen LogP contribution in [-0.2, 0) is 6.18 Å². The minimum absolute atomic E-state index is 0.00891. The fourth-order valence-corrected chi connectivity index (χ4v) is 1.14. The van der Waals surface area contributed by atoms with E-state index < -0.39 is 11.9 Å². The van der Waals surface area contributed by atoms with Crippen LogP contribution in [0, 0.1) is 0 Å². The fourth-order valence-electron chi connectivity index (χ4n) is 1.14. The van der Waals surface area contributed by atoms with E-state index in [9.17, 15) is 13.2 Å². The summed E-state index contributed by atoms with van der Waals surface area (Å²) in [5, 5.41) is 5.85. The van der Waals surface area contributed by atoms with Crippen molar-refractivity contribution in [2.45, 2.75) is 26.1 Å². The molecule has 0 radical (unpaired) electrons. The van der Waals surface area contributed by atoms with Gasteiger partial charge in [0, 0.05) is 25.3 Å². The fraction of sp³-hybridized carbons (Fsp3) is 0.600. The van der Waals surface area contributed by atoms with Crippen molar-refractivity contribution in [1.29, 1.82) is 0 Å². The topological polar surface area (TPSA) is 49.8 Å². The summed E-state index contributed by atoms with van der Waals surface area (Å²) < 4.78 is 37.0. The first kappa shape index (κ1) is 13.7. The lowest BCUT2D eigenvalue weighted by molar-refractivity contribution is -0.141. The lowest BCUT2D eigenvalue weighted by Crippen LogP contribution is -2.28. The number of rotatable bonds is 5. The van der Waals surface area contributed by atoms with Crippen LogP contribution in [0.5, 0.6) is 0 Å². The second-order valence-corrected chi connectivity index (χ2v) is 3.80. The molecular formula is C10H15F3N4. The van der Waals surface area contributed by atoms with Gasteiger partial charge in [-0.3, -0.25) is 0 Å². The van der Waals surface area contributed by atoms with Crippen LogP contribution < -0.4 is 10.6 Å². The van der Waals surface area contributed by atoms with Crippen LogP contribution in [0.3, 0.4) is 0 Å². The summed E-state index contributed by atoms with van der Waals surface area (Å²) in [7, 11) is 0. The first-order valence-corrected chi connectivity index (χ1v) is 5.27. The van der Waals surface area contributed by atoms with E-state index in [4.69, 9.17) is 0 Å². The van der Waals surface area contributed by atoms with Gasteiger partial charge in [0.05, 0.1) is 0 Å². The highest BCUT2D eigenvalue weighted by molar-refractivity contribution is 5.25. The first-order chi connectivity index (χ1) is 7.89. The predicted octanol–water partition coefficient (Wildman–Crippen LogP) is 1.91. The van der Waals surface area contributed by atoms with Gasteiger partial charge in [0.2, 0.25) is 5.95 Å². The Morgan fingerprint density at radius 2 is 2.00 bits per heavy atom.